The van der Waals surface area contributed by atoms with Gasteiger partial charge in [-0.1, -0.05) is 12.1 Å². The first-order chi connectivity index (χ1) is 9.34. The van der Waals surface area contributed by atoms with Gasteiger partial charge in [-0.05, 0) is 12.1 Å². The molecule has 1 saturated heterocycles. The summed E-state index contributed by atoms with van der Waals surface area (Å²) in [6.45, 7) is 2.58. The Bertz CT molecular complexity index is 563. The fraction of sp³-hybridized carbons (Fsp3) is 0.286. The maximum atomic E-state index is 12.4. The Balaban J connectivity index is 1.84. The van der Waals surface area contributed by atoms with Crippen molar-refractivity contribution in [3.05, 3.63) is 40.7 Å². The molecule has 1 aliphatic heterocycles. The molecule has 0 saturated carbocycles. The van der Waals surface area contributed by atoms with Crippen LogP contribution in [0.15, 0.2) is 35.2 Å². The van der Waals surface area contributed by atoms with Crippen molar-refractivity contribution in [3.8, 4) is 11.3 Å². The van der Waals surface area contributed by atoms with E-state index in [2.05, 4.69) is 4.98 Å². The summed E-state index contributed by atoms with van der Waals surface area (Å²) in [5.74, 6) is 0.0698. The molecule has 1 aromatic heterocycles. The van der Waals surface area contributed by atoms with Gasteiger partial charge < -0.3 is 9.64 Å². The van der Waals surface area contributed by atoms with Gasteiger partial charge in [-0.2, -0.15) is 0 Å². The summed E-state index contributed by atoms with van der Waals surface area (Å²) >= 11 is 1.55. The number of ether oxygens (including phenoxy) is 1. The van der Waals surface area contributed by atoms with Crippen LogP contribution < -0.4 is 0 Å². The van der Waals surface area contributed by atoms with E-state index in [1.165, 1.54) is 0 Å². The quantitative estimate of drug-likeness (QED) is 0.843. The van der Waals surface area contributed by atoms with Gasteiger partial charge in [0.05, 0.1) is 24.4 Å². The van der Waals surface area contributed by atoms with Gasteiger partial charge >= 0.3 is 0 Å². The zero-order valence-corrected chi connectivity index (χ0v) is 11.2. The van der Waals surface area contributed by atoms with Gasteiger partial charge in [0.1, 0.15) is 0 Å². The lowest BCUT2D eigenvalue weighted by atomic mass is 10.1. The minimum atomic E-state index is 0.0698. The van der Waals surface area contributed by atoms with Crippen LogP contribution >= 0.6 is 11.3 Å². The van der Waals surface area contributed by atoms with Crippen LogP contribution in [0.1, 0.15) is 10.4 Å². The maximum absolute atomic E-state index is 12.4. The van der Waals surface area contributed by atoms with Crippen LogP contribution in [0.25, 0.3) is 11.3 Å². The van der Waals surface area contributed by atoms with E-state index < -0.39 is 0 Å². The summed E-state index contributed by atoms with van der Waals surface area (Å²) in [5.41, 5.74) is 4.42. The molecule has 4 nitrogen and oxygen atoms in total. The van der Waals surface area contributed by atoms with Crippen molar-refractivity contribution in [1.29, 1.82) is 0 Å². The van der Waals surface area contributed by atoms with Crippen LogP contribution in [-0.2, 0) is 4.74 Å². The highest BCUT2D eigenvalue weighted by Crippen LogP contribution is 2.21. The van der Waals surface area contributed by atoms with E-state index in [0.29, 0.717) is 31.9 Å². The number of aromatic nitrogens is 1. The molecule has 0 aliphatic carbocycles. The SMILES string of the molecule is O=C(c1cccc(-c2cscn2)c1)N1CCOCC1. The van der Waals surface area contributed by atoms with Crippen molar-refractivity contribution >= 4 is 17.2 Å². The van der Waals surface area contributed by atoms with E-state index in [1.54, 1.807) is 16.8 Å². The molecule has 1 fully saturated rings. The lowest BCUT2D eigenvalue weighted by Gasteiger charge is -2.26. The number of carbonyl (C=O) groups excluding carboxylic acids is 1. The van der Waals surface area contributed by atoms with Gasteiger partial charge in [0.2, 0.25) is 0 Å². The Morgan fingerprint density at radius 3 is 2.89 bits per heavy atom. The van der Waals surface area contributed by atoms with E-state index in [1.807, 2.05) is 34.5 Å². The Morgan fingerprint density at radius 1 is 1.32 bits per heavy atom. The highest BCUT2D eigenvalue weighted by Gasteiger charge is 2.18. The summed E-state index contributed by atoms with van der Waals surface area (Å²) in [6.07, 6.45) is 0. The Morgan fingerprint density at radius 2 is 2.16 bits per heavy atom. The number of hydrogen-bond donors (Lipinski definition) is 0. The number of thiazole rings is 1. The van der Waals surface area contributed by atoms with Crippen LogP contribution in [-0.4, -0.2) is 42.1 Å². The largest absolute Gasteiger partial charge is 0.378 e. The third-order valence-corrected chi connectivity index (χ3v) is 3.72. The standard InChI is InChI=1S/C14H14N2O2S/c17-14(16-4-6-18-7-5-16)12-3-1-2-11(8-12)13-9-19-10-15-13/h1-3,8-10H,4-7H2. The zero-order valence-electron chi connectivity index (χ0n) is 10.4. The summed E-state index contributed by atoms with van der Waals surface area (Å²) < 4.78 is 5.27. The van der Waals surface area contributed by atoms with Crippen molar-refractivity contribution < 1.29 is 9.53 Å². The first-order valence-electron chi connectivity index (χ1n) is 6.20. The number of morpholine rings is 1. The molecule has 2 heterocycles. The number of rotatable bonds is 2. The maximum Gasteiger partial charge on any atom is 0.254 e. The number of amides is 1. The molecule has 2 aromatic rings. The third-order valence-electron chi connectivity index (χ3n) is 3.14. The summed E-state index contributed by atoms with van der Waals surface area (Å²) in [5, 5.41) is 1.98. The van der Waals surface area contributed by atoms with Gasteiger partial charge in [-0.25, -0.2) is 4.98 Å². The minimum Gasteiger partial charge on any atom is -0.378 e. The van der Waals surface area contributed by atoms with Crippen molar-refractivity contribution in [2.24, 2.45) is 0 Å². The van der Waals surface area contributed by atoms with E-state index in [9.17, 15) is 4.79 Å². The number of carbonyl (C=O) groups is 1. The second-order valence-corrected chi connectivity index (χ2v) is 5.08. The highest BCUT2D eigenvalue weighted by molar-refractivity contribution is 7.07. The first kappa shape index (κ1) is 12.3. The molecule has 0 atom stereocenters. The van der Waals surface area contributed by atoms with Crippen molar-refractivity contribution in [3.63, 3.8) is 0 Å². The van der Waals surface area contributed by atoms with Gasteiger partial charge in [0.15, 0.2) is 0 Å². The topological polar surface area (TPSA) is 42.4 Å². The van der Waals surface area contributed by atoms with E-state index in [-0.39, 0.29) is 5.91 Å². The zero-order chi connectivity index (χ0) is 13.1. The summed E-state index contributed by atoms with van der Waals surface area (Å²) in [7, 11) is 0. The van der Waals surface area contributed by atoms with Crippen LogP contribution in [0.4, 0.5) is 0 Å². The van der Waals surface area contributed by atoms with Crippen LogP contribution in [0.2, 0.25) is 0 Å². The van der Waals surface area contributed by atoms with Crippen LogP contribution in [0.5, 0.6) is 0 Å². The van der Waals surface area contributed by atoms with Gasteiger partial charge in [-0.3, -0.25) is 4.79 Å². The first-order valence-corrected chi connectivity index (χ1v) is 7.14. The van der Waals surface area contributed by atoms with Crippen molar-refractivity contribution in [2.45, 2.75) is 0 Å². The van der Waals surface area contributed by atoms with Crippen LogP contribution in [0, 0.1) is 0 Å². The van der Waals surface area contributed by atoms with E-state index in [0.717, 1.165) is 11.3 Å². The Labute approximate surface area is 115 Å². The molecular weight excluding hydrogens is 260 g/mol. The molecule has 1 aromatic carbocycles. The van der Waals surface area contributed by atoms with Gasteiger partial charge in [0.25, 0.3) is 5.91 Å². The fourth-order valence-electron chi connectivity index (χ4n) is 2.12. The van der Waals surface area contributed by atoms with Crippen molar-refractivity contribution in [2.75, 3.05) is 26.3 Å². The fourth-order valence-corrected chi connectivity index (χ4v) is 2.68. The van der Waals surface area contributed by atoms with E-state index >= 15 is 0 Å². The monoisotopic (exact) mass is 274 g/mol. The Kier molecular flexibility index (Phi) is 3.57. The highest BCUT2D eigenvalue weighted by atomic mass is 32.1. The molecule has 19 heavy (non-hydrogen) atoms. The molecular formula is C14H14N2O2S. The predicted octanol–water partition coefficient (Wildman–Crippen LogP) is 2.28. The van der Waals surface area contributed by atoms with Crippen LogP contribution in [0.3, 0.4) is 0 Å². The third kappa shape index (κ3) is 2.67. The predicted molar refractivity (Wildman–Crippen MR) is 74.3 cm³/mol. The minimum absolute atomic E-state index is 0.0698. The van der Waals surface area contributed by atoms with E-state index in [4.69, 9.17) is 4.74 Å². The lowest BCUT2D eigenvalue weighted by Crippen LogP contribution is -2.40. The molecule has 0 bridgehead atoms. The molecule has 1 amide bonds. The molecule has 98 valence electrons. The van der Waals surface area contributed by atoms with Crippen molar-refractivity contribution in [1.82, 2.24) is 9.88 Å². The molecule has 0 radical (unpaired) electrons. The molecule has 0 N–H and O–H groups in total. The lowest BCUT2D eigenvalue weighted by molar-refractivity contribution is 0.0303. The smallest absolute Gasteiger partial charge is 0.254 e. The van der Waals surface area contributed by atoms with Gasteiger partial charge in [-0.15, -0.1) is 11.3 Å². The Hall–Kier alpha value is -1.72. The summed E-state index contributed by atoms with van der Waals surface area (Å²) in [6, 6.07) is 7.65. The number of nitrogens with zero attached hydrogens (tertiary/aromatic N) is 2. The number of hydrogen-bond acceptors (Lipinski definition) is 4. The second kappa shape index (κ2) is 5.50. The average Bonchev–Trinajstić information content (AvgIpc) is 3.02. The molecule has 5 heteroatoms. The van der Waals surface area contributed by atoms with Gasteiger partial charge in [0, 0.05) is 29.6 Å². The molecule has 0 unspecified atom stereocenters. The summed E-state index contributed by atoms with van der Waals surface area (Å²) in [4.78, 5) is 18.5. The normalized spacial score (nSPS) is 15.5. The average molecular weight is 274 g/mol. The molecule has 3 rings (SSSR count). The molecule has 1 aliphatic rings. The number of benzene rings is 1. The second-order valence-electron chi connectivity index (χ2n) is 4.36. The molecule has 0 spiro atoms.